The first-order valence-electron chi connectivity index (χ1n) is 5.92. The topological polar surface area (TPSA) is 38.7 Å². The molecule has 3 aromatic heterocycles. The first kappa shape index (κ1) is 13.0. The number of pyridine rings is 3. The van der Waals surface area contributed by atoms with Gasteiger partial charge in [-0.05, 0) is 42.0 Å². The van der Waals surface area contributed by atoms with Crippen molar-refractivity contribution in [1.29, 1.82) is 0 Å². The van der Waals surface area contributed by atoms with E-state index in [1.54, 1.807) is 30.7 Å². The van der Waals surface area contributed by atoms with E-state index < -0.39 is 0 Å². The summed E-state index contributed by atoms with van der Waals surface area (Å²) in [5.74, 6) is 0. The number of aromatic nitrogens is 3. The molecule has 0 aliphatic carbocycles. The van der Waals surface area contributed by atoms with Gasteiger partial charge in [0.05, 0.1) is 5.69 Å². The van der Waals surface area contributed by atoms with Crippen molar-refractivity contribution in [2.45, 2.75) is 0 Å². The highest BCUT2D eigenvalue weighted by atomic mass is 35.5. The second-order valence-corrected chi connectivity index (χ2v) is 4.94. The van der Waals surface area contributed by atoms with Gasteiger partial charge in [-0.1, -0.05) is 23.2 Å². The Labute approximate surface area is 126 Å². The normalized spacial score (nSPS) is 10.5. The van der Waals surface area contributed by atoms with Crippen LogP contribution in [0.15, 0.2) is 55.0 Å². The lowest BCUT2D eigenvalue weighted by Crippen LogP contribution is -1.87. The van der Waals surface area contributed by atoms with Gasteiger partial charge < -0.3 is 0 Å². The first-order valence-corrected chi connectivity index (χ1v) is 6.68. The zero-order valence-corrected chi connectivity index (χ0v) is 11.8. The molecule has 0 fully saturated rings. The van der Waals surface area contributed by atoms with E-state index in [1.165, 1.54) is 0 Å². The predicted molar refractivity (Wildman–Crippen MR) is 80.7 cm³/mol. The molecule has 0 aliphatic heterocycles. The van der Waals surface area contributed by atoms with Crippen LogP contribution in [0.3, 0.4) is 0 Å². The minimum Gasteiger partial charge on any atom is -0.256 e. The molecule has 0 amide bonds. The van der Waals surface area contributed by atoms with Gasteiger partial charge in [-0.2, -0.15) is 0 Å². The molecule has 0 atom stereocenters. The van der Waals surface area contributed by atoms with Crippen molar-refractivity contribution >= 4 is 23.2 Å². The molecule has 3 rings (SSSR count). The number of hydrogen-bond donors (Lipinski definition) is 0. The minimum absolute atomic E-state index is 0.465. The molecule has 0 bridgehead atoms. The summed E-state index contributed by atoms with van der Waals surface area (Å²) < 4.78 is 0. The van der Waals surface area contributed by atoms with Gasteiger partial charge in [0.1, 0.15) is 10.3 Å². The van der Waals surface area contributed by atoms with E-state index >= 15 is 0 Å². The number of nitrogens with zero attached hydrogens (tertiary/aromatic N) is 3. The first-order chi connectivity index (χ1) is 9.72. The fourth-order valence-electron chi connectivity index (χ4n) is 1.84. The maximum absolute atomic E-state index is 5.80. The third kappa shape index (κ3) is 2.79. The quantitative estimate of drug-likeness (QED) is 0.654. The van der Waals surface area contributed by atoms with Gasteiger partial charge in [-0.15, -0.1) is 0 Å². The molecule has 0 aliphatic rings. The van der Waals surface area contributed by atoms with Crippen molar-refractivity contribution in [3.05, 3.63) is 65.3 Å². The molecule has 20 heavy (non-hydrogen) atoms. The fraction of sp³-hybridized carbons (Fsp3) is 0. The van der Waals surface area contributed by atoms with Crippen LogP contribution in [0, 0.1) is 0 Å². The fourth-order valence-corrected chi connectivity index (χ4v) is 2.07. The van der Waals surface area contributed by atoms with Gasteiger partial charge in [0.2, 0.25) is 0 Å². The molecular formula is C15H9Cl2N3. The van der Waals surface area contributed by atoms with Crippen LogP contribution in [0.1, 0.15) is 0 Å². The number of halogens is 2. The molecule has 3 heterocycles. The van der Waals surface area contributed by atoms with Gasteiger partial charge in [0.15, 0.2) is 0 Å². The van der Waals surface area contributed by atoms with E-state index in [-0.39, 0.29) is 0 Å². The summed E-state index contributed by atoms with van der Waals surface area (Å²) in [5.41, 5.74) is 3.76. The lowest BCUT2D eigenvalue weighted by Gasteiger charge is -2.05. The average Bonchev–Trinajstić information content (AvgIpc) is 2.49. The Morgan fingerprint density at radius 1 is 0.650 bits per heavy atom. The zero-order chi connectivity index (χ0) is 13.9. The van der Waals surface area contributed by atoms with Crippen molar-refractivity contribution in [1.82, 2.24) is 15.0 Å². The van der Waals surface area contributed by atoms with Crippen LogP contribution in [0.5, 0.6) is 0 Å². The van der Waals surface area contributed by atoms with Crippen molar-refractivity contribution in [3.8, 4) is 22.4 Å². The maximum atomic E-state index is 5.80. The van der Waals surface area contributed by atoms with Gasteiger partial charge >= 0.3 is 0 Å². The number of rotatable bonds is 2. The lowest BCUT2D eigenvalue weighted by molar-refractivity contribution is 1.27. The van der Waals surface area contributed by atoms with E-state index in [9.17, 15) is 0 Å². The number of hydrogen-bond acceptors (Lipinski definition) is 3. The molecule has 5 heteroatoms. The Morgan fingerprint density at radius 3 is 1.90 bits per heavy atom. The second-order valence-electron chi connectivity index (χ2n) is 4.17. The third-order valence-corrected chi connectivity index (χ3v) is 3.29. The zero-order valence-electron chi connectivity index (χ0n) is 10.3. The Bertz CT molecular complexity index is 664. The molecule has 0 unspecified atom stereocenters. The highest BCUT2D eigenvalue weighted by Gasteiger charge is 2.04. The van der Waals surface area contributed by atoms with Crippen LogP contribution in [0.25, 0.3) is 22.4 Å². The summed E-state index contributed by atoms with van der Waals surface area (Å²) in [6.45, 7) is 0. The van der Waals surface area contributed by atoms with Crippen molar-refractivity contribution in [3.63, 3.8) is 0 Å². The maximum Gasteiger partial charge on any atom is 0.129 e. The van der Waals surface area contributed by atoms with Gasteiger partial charge in [0, 0.05) is 29.7 Å². The smallest absolute Gasteiger partial charge is 0.129 e. The monoisotopic (exact) mass is 301 g/mol. The van der Waals surface area contributed by atoms with Crippen LogP contribution >= 0.6 is 23.2 Å². The van der Waals surface area contributed by atoms with Crippen LogP contribution in [0.4, 0.5) is 0 Å². The molecule has 0 radical (unpaired) electrons. The van der Waals surface area contributed by atoms with Gasteiger partial charge in [-0.3, -0.25) is 4.98 Å². The Hall–Kier alpha value is -1.97. The molecule has 0 aromatic carbocycles. The summed E-state index contributed by atoms with van der Waals surface area (Å²) in [6, 6.07) is 11.2. The summed E-state index contributed by atoms with van der Waals surface area (Å²) in [6.07, 6.45) is 5.20. The molecular weight excluding hydrogens is 293 g/mol. The molecule has 0 spiro atoms. The van der Waals surface area contributed by atoms with E-state index in [1.807, 2.05) is 24.3 Å². The Kier molecular flexibility index (Phi) is 3.63. The van der Waals surface area contributed by atoms with Gasteiger partial charge in [0.25, 0.3) is 0 Å². The van der Waals surface area contributed by atoms with Crippen molar-refractivity contribution in [2.75, 3.05) is 0 Å². The van der Waals surface area contributed by atoms with Crippen LogP contribution in [-0.4, -0.2) is 15.0 Å². The molecule has 3 aromatic rings. The van der Waals surface area contributed by atoms with Crippen molar-refractivity contribution < 1.29 is 0 Å². The van der Waals surface area contributed by atoms with Crippen LogP contribution < -0.4 is 0 Å². The molecule has 98 valence electrons. The largest absolute Gasteiger partial charge is 0.256 e. The summed E-state index contributed by atoms with van der Waals surface area (Å²) in [5, 5.41) is 0.941. The third-order valence-electron chi connectivity index (χ3n) is 2.84. The summed E-state index contributed by atoms with van der Waals surface area (Å²) in [4.78, 5) is 12.5. The SMILES string of the molecule is Clc1ccc(-c2ccnc(-c3ccc(Cl)nc3)c2)cn1. The van der Waals surface area contributed by atoms with E-state index in [4.69, 9.17) is 23.2 Å². The summed E-state index contributed by atoms with van der Waals surface area (Å²) in [7, 11) is 0. The molecule has 0 saturated carbocycles. The lowest BCUT2D eigenvalue weighted by atomic mass is 10.1. The standard InChI is InChI=1S/C15H9Cl2N3/c16-14-3-1-11(8-19-14)10-5-6-18-13(7-10)12-2-4-15(17)20-9-12/h1-9H. The highest BCUT2D eigenvalue weighted by Crippen LogP contribution is 2.24. The minimum atomic E-state index is 0.465. The molecule has 3 nitrogen and oxygen atoms in total. The molecule has 0 N–H and O–H groups in total. The van der Waals surface area contributed by atoms with E-state index in [0.29, 0.717) is 10.3 Å². The Balaban J connectivity index is 2.01. The van der Waals surface area contributed by atoms with Gasteiger partial charge in [-0.25, -0.2) is 9.97 Å². The predicted octanol–water partition coefficient (Wildman–Crippen LogP) is 4.51. The second kappa shape index (κ2) is 5.57. The summed E-state index contributed by atoms with van der Waals surface area (Å²) >= 11 is 11.6. The van der Waals surface area contributed by atoms with Crippen molar-refractivity contribution in [2.24, 2.45) is 0 Å². The average molecular weight is 302 g/mol. The van der Waals surface area contributed by atoms with Crippen LogP contribution in [-0.2, 0) is 0 Å². The van der Waals surface area contributed by atoms with E-state index in [2.05, 4.69) is 15.0 Å². The highest BCUT2D eigenvalue weighted by molar-refractivity contribution is 6.29. The van der Waals surface area contributed by atoms with Crippen LogP contribution in [0.2, 0.25) is 10.3 Å². The Morgan fingerprint density at radius 2 is 1.30 bits per heavy atom. The van der Waals surface area contributed by atoms with E-state index in [0.717, 1.165) is 22.4 Å². The molecule has 0 saturated heterocycles.